The van der Waals surface area contributed by atoms with Crippen molar-refractivity contribution in [2.24, 2.45) is 11.8 Å². The van der Waals surface area contributed by atoms with Crippen molar-refractivity contribution in [3.63, 3.8) is 0 Å². The first-order chi connectivity index (χ1) is 7.99. The van der Waals surface area contributed by atoms with Gasteiger partial charge in [0, 0.05) is 11.6 Å². The summed E-state index contributed by atoms with van der Waals surface area (Å²) in [7, 11) is 0. The molecule has 1 aromatic heterocycles. The van der Waals surface area contributed by atoms with Crippen LogP contribution in [0.3, 0.4) is 0 Å². The average Bonchev–Trinajstić information content (AvgIpc) is 2.25. The van der Waals surface area contributed by atoms with Crippen molar-refractivity contribution in [1.29, 1.82) is 0 Å². The average molecular weight is 236 g/mol. The van der Waals surface area contributed by atoms with E-state index in [9.17, 15) is 4.79 Å². The van der Waals surface area contributed by atoms with Crippen molar-refractivity contribution in [3.8, 4) is 0 Å². The number of rotatable bonds is 5. The number of ether oxygens (including phenoxy) is 1. The van der Waals surface area contributed by atoms with E-state index >= 15 is 0 Å². The molecule has 0 atom stereocenters. The first-order valence-electron chi connectivity index (χ1n) is 6.13. The Morgan fingerprint density at radius 3 is 2.65 bits per heavy atom. The van der Waals surface area contributed by atoms with E-state index in [1.807, 2.05) is 36.9 Å². The van der Waals surface area contributed by atoms with E-state index in [0.717, 1.165) is 6.42 Å². The number of pyridine rings is 1. The molecule has 0 aromatic carbocycles. The maximum absolute atomic E-state index is 11.3. The smallest absolute Gasteiger partial charge is 0.313 e. The van der Waals surface area contributed by atoms with Gasteiger partial charge in [0.05, 0.1) is 5.92 Å². The Labute approximate surface area is 103 Å². The van der Waals surface area contributed by atoms with Gasteiger partial charge in [-0.05, 0) is 18.4 Å². The van der Waals surface area contributed by atoms with Crippen LogP contribution < -0.4 is 4.57 Å². The number of hydrogen-bond donors (Lipinski definition) is 0. The second-order valence-electron chi connectivity index (χ2n) is 5.07. The van der Waals surface area contributed by atoms with Crippen LogP contribution in [0.5, 0.6) is 0 Å². The molecule has 0 unspecified atom stereocenters. The molecule has 94 valence electrons. The molecule has 17 heavy (non-hydrogen) atoms. The third kappa shape index (κ3) is 4.98. The highest BCUT2D eigenvalue weighted by Gasteiger charge is 2.11. The minimum Gasteiger partial charge on any atom is -0.405 e. The van der Waals surface area contributed by atoms with Gasteiger partial charge in [-0.15, -0.1) is 0 Å². The Morgan fingerprint density at radius 1 is 1.35 bits per heavy atom. The van der Waals surface area contributed by atoms with Crippen LogP contribution in [0.15, 0.2) is 24.5 Å². The zero-order valence-electron chi connectivity index (χ0n) is 11.1. The van der Waals surface area contributed by atoms with Crippen molar-refractivity contribution in [2.75, 3.05) is 0 Å². The van der Waals surface area contributed by atoms with Gasteiger partial charge in [-0.2, -0.15) is 4.57 Å². The monoisotopic (exact) mass is 236 g/mol. The highest BCUT2D eigenvalue weighted by Crippen LogP contribution is 2.04. The second-order valence-corrected chi connectivity index (χ2v) is 5.07. The lowest BCUT2D eigenvalue weighted by Gasteiger charge is -2.05. The molecule has 1 aromatic rings. The molecule has 0 N–H and O–H groups in total. The van der Waals surface area contributed by atoms with Gasteiger partial charge in [0.15, 0.2) is 12.4 Å². The van der Waals surface area contributed by atoms with Crippen LogP contribution in [0, 0.1) is 11.8 Å². The van der Waals surface area contributed by atoms with Crippen molar-refractivity contribution in [2.45, 2.75) is 40.8 Å². The van der Waals surface area contributed by atoms with E-state index in [-0.39, 0.29) is 11.9 Å². The van der Waals surface area contributed by atoms with E-state index in [0.29, 0.717) is 12.6 Å². The first kappa shape index (κ1) is 13.7. The summed E-state index contributed by atoms with van der Waals surface area (Å²) in [5.74, 6) is 0.394. The molecular formula is C14H22NO2+. The third-order valence-corrected chi connectivity index (χ3v) is 2.39. The van der Waals surface area contributed by atoms with Crippen molar-refractivity contribution in [1.82, 2.24) is 0 Å². The number of carbonyl (C=O) groups excluding carboxylic acids is 1. The molecule has 0 amide bonds. The summed E-state index contributed by atoms with van der Waals surface area (Å²) in [5, 5.41) is 0. The predicted octanol–water partition coefficient (Wildman–Crippen LogP) is 2.33. The number of aromatic nitrogens is 1. The molecule has 0 saturated carbocycles. The SMILES string of the molecule is CC(C)Cc1ccc[n+](COC(=O)C(C)C)c1. The molecular weight excluding hydrogens is 214 g/mol. The molecule has 1 rings (SSSR count). The molecule has 0 bridgehead atoms. The van der Waals surface area contributed by atoms with E-state index in [1.54, 1.807) is 0 Å². The fraction of sp³-hybridized carbons (Fsp3) is 0.571. The van der Waals surface area contributed by atoms with Crippen LogP contribution in [0.4, 0.5) is 0 Å². The van der Waals surface area contributed by atoms with Crippen molar-refractivity contribution >= 4 is 5.97 Å². The minimum absolute atomic E-state index is 0.0746. The molecule has 1 heterocycles. The fourth-order valence-corrected chi connectivity index (χ4v) is 1.55. The minimum atomic E-state index is -0.160. The molecule has 0 radical (unpaired) electrons. The maximum Gasteiger partial charge on any atom is 0.313 e. The lowest BCUT2D eigenvalue weighted by molar-refractivity contribution is -0.728. The first-order valence-corrected chi connectivity index (χ1v) is 6.13. The van der Waals surface area contributed by atoms with Crippen LogP contribution in [0.25, 0.3) is 0 Å². The van der Waals surface area contributed by atoms with E-state index in [2.05, 4.69) is 19.9 Å². The highest BCUT2D eigenvalue weighted by molar-refractivity contribution is 5.71. The lowest BCUT2D eigenvalue weighted by atomic mass is 10.1. The van der Waals surface area contributed by atoms with Gasteiger partial charge in [0.25, 0.3) is 6.73 Å². The molecule has 3 heteroatoms. The van der Waals surface area contributed by atoms with Crippen LogP contribution in [-0.2, 0) is 22.7 Å². The number of carbonyl (C=O) groups is 1. The van der Waals surface area contributed by atoms with Gasteiger partial charge in [-0.1, -0.05) is 27.7 Å². The molecule has 3 nitrogen and oxygen atoms in total. The molecule has 0 aliphatic rings. The molecule has 0 saturated heterocycles. The van der Waals surface area contributed by atoms with Gasteiger partial charge in [-0.3, -0.25) is 4.79 Å². The van der Waals surface area contributed by atoms with Gasteiger partial charge in [0.1, 0.15) is 0 Å². The fourth-order valence-electron chi connectivity index (χ4n) is 1.55. The van der Waals surface area contributed by atoms with Gasteiger partial charge < -0.3 is 4.74 Å². The van der Waals surface area contributed by atoms with Gasteiger partial charge >= 0.3 is 5.97 Å². The van der Waals surface area contributed by atoms with Crippen LogP contribution in [0.1, 0.15) is 33.3 Å². The summed E-state index contributed by atoms with van der Waals surface area (Å²) < 4.78 is 7.07. The van der Waals surface area contributed by atoms with E-state index in [4.69, 9.17) is 4.74 Å². The summed E-state index contributed by atoms with van der Waals surface area (Å²) in [6.45, 7) is 8.35. The molecule has 0 aliphatic heterocycles. The number of nitrogens with zero attached hydrogens (tertiary/aromatic N) is 1. The summed E-state index contributed by atoms with van der Waals surface area (Å²) in [5.41, 5.74) is 1.27. The van der Waals surface area contributed by atoms with Crippen molar-refractivity contribution in [3.05, 3.63) is 30.1 Å². The second kappa shape index (κ2) is 6.38. The highest BCUT2D eigenvalue weighted by atomic mass is 16.5. The third-order valence-electron chi connectivity index (χ3n) is 2.39. The quantitative estimate of drug-likeness (QED) is 0.580. The van der Waals surface area contributed by atoms with Gasteiger partial charge in [-0.25, -0.2) is 0 Å². The normalized spacial score (nSPS) is 10.9. The Balaban J connectivity index is 2.57. The Morgan fingerprint density at radius 2 is 2.06 bits per heavy atom. The summed E-state index contributed by atoms with van der Waals surface area (Å²) in [6, 6.07) is 4.09. The van der Waals surface area contributed by atoms with Crippen LogP contribution in [0.2, 0.25) is 0 Å². The Bertz CT molecular complexity index is 372. The summed E-state index contributed by atoms with van der Waals surface area (Å²) in [4.78, 5) is 11.3. The van der Waals surface area contributed by atoms with Crippen LogP contribution >= 0.6 is 0 Å². The number of hydrogen-bond acceptors (Lipinski definition) is 2. The predicted molar refractivity (Wildman–Crippen MR) is 66.1 cm³/mol. The van der Waals surface area contributed by atoms with E-state index in [1.165, 1.54) is 5.56 Å². The number of esters is 1. The Hall–Kier alpha value is -1.38. The standard InChI is InChI=1S/C14H22NO2/c1-11(2)8-13-6-5-7-15(9-13)10-17-14(16)12(3)4/h5-7,9,11-12H,8,10H2,1-4H3/q+1. The van der Waals surface area contributed by atoms with Gasteiger partial charge in [0.2, 0.25) is 0 Å². The lowest BCUT2D eigenvalue weighted by Crippen LogP contribution is -2.36. The summed E-state index contributed by atoms with van der Waals surface area (Å²) in [6.07, 6.45) is 4.99. The van der Waals surface area contributed by atoms with Crippen LogP contribution in [-0.4, -0.2) is 5.97 Å². The zero-order valence-corrected chi connectivity index (χ0v) is 11.1. The molecule has 0 fully saturated rings. The molecule has 0 aliphatic carbocycles. The largest absolute Gasteiger partial charge is 0.405 e. The summed E-state index contributed by atoms with van der Waals surface area (Å²) >= 11 is 0. The van der Waals surface area contributed by atoms with Crippen molar-refractivity contribution < 1.29 is 14.1 Å². The zero-order chi connectivity index (χ0) is 12.8. The van der Waals surface area contributed by atoms with E-state index < -0.39 is 0 Å². The maximum atomic E-state index is 11.3. The molecule has 0 spiro atoms. The Kier molecular flexibility index (Phi) is 5.13. The topological polar surface area (TPSA) is 30.2 Å².